The Morgan fingerprint density at radius 2 is 1.56 bits per heavy atom. The van der Waals surface area contributed by atoms with Crippen molar-refractivity contribution in [2.45, 2.75) is 30.7 Å². The number of anilines is 1. The van der Waals surface area contributed by atoms with Crippen molar-refractivity contribution >= 4 is 48.7 Å². The van der Waals surface area contributed by atoms with Crippen molar-refractivity contribution in [1.29, 1.82) is 0 Å². The predicted molar refractivity (Wildman–Crippen MR) is 187 cm³/mol. The number of nitrogens with zero attached hydrogens (tertiary/aromatic N) is 4. The molecule has 3 heterocycles. The van der Waals surface area contributed by atoms with E-state index < -0.39 is 16.1 Å². The van der Waals surface area contributed by atoms with Gasteiger partial charge in [0.1, 0.15) is 17.4 Å². The van der Waals surface area contributed by atoms with Crippen LogP contribution in [0.1, 0.15) is 33.5 Å². The number of fused-ring (bicyclic) bond motifs is 2. The lowest BCUT2D eigenvalue weighted by atomic mass is 10.0. The molecule has 0 atom stereocenters. The van der Waals surface area contributed by atoms with Gasteiger partial charge in [0.25, 0.3) is 10.0 Å². The molecule has 11 heteroatoms. The van der Waals surface area contributed by atoms with Crippen LogP contribution >= 0.6 is 11.3 Å². The summed E-state index contributed by atoms with van der Waals surface area (Å²) in [6.45, 7) is 3.63. The first-order valence-electron chi connectivity index (χ1n) is 15.2. The Balaban J connectivity index is 1.51. The summed E-state index contributed by atoms with van der Waals surface area (Å²) in [5.74, 6) is -0.217. The average molecular weight is 679 g/mol. The summed E-state index contributed by atoms with van der Waals surface area (Å²) in [5, 5.41) is 13.9. The topological polar surface area (TPSA) is 97.6 Å². The fraction of sp³-hybridized carbons (Fsp3) is 0.135. The van der Waals surface area contributed by atoms with Crippen molar-refractivity contribution in [1.82, 2.24) is 14.5 Å². The largest absolute Gasteiger partial charge is 0.494 e. The molecular weight excluding hydrogens is 648 g/mol. The van der Waals surface area contributed by atoms with Crippen molar-refractivity contribution in [3.8, 4) is 11.6 Å². The highest BCUT2D eigenvalue weighted by Gasteiger charge is 2.33. The fourth-order valence-electron chi connectivity index (χ4n) is 6.05. The van der Waals surface area contributed by atoms with E-state index in [4.69, 9.17) is 9.72 Å². The van der Waals surface area contributed by atoms with E-state index in [1.54, 1.807) is 55.1 Å². The van der Waals surface area contributed by atoms with E-state index in [0.29, 0.717) is 43.8 Å². The number of thiazole rings is 1. The number of aromatic nitrogens is 3. The van der Waals surface area contributed by atoms with Gasteiger partial charge in [-0.25, -0.2) is 17.8 Å². The number of aromatic hydroxyl groups is 1. The SMILES string of the molecule is Cc1nc(C)c(S(=O)(=O)N(C)c2c3cccnc3c(OC(c3ccccc3)c3ccccc3)c3c(O)n(Cc4ccc(F)cc4)cc23)s1. The number of sulfonamides is 1. The van der Waals surface area contributed by atoms with Crippen LogP contribution in [-0.4, -0.2) is 35.1 Å². The van der Waals surface area contributed by atoms with Crippen LogP contribution < -0.4 is 9.04 Å². The molecule has 7 rings (SSSR count). The molecule has 0 fully saturated rings. The minimum absolute atomic E-state index is 0.135. The highest BCUT2D eigenvalue weighted by Crippen LogP contribution is 2.49. The van der Waals surface area contributed by atoms with E-state index in [1.165, 1.54) is 23.5 Å². The number of aryl methyl sites for hydroxylation is 2. The van der Waals surface area contributed by atoms with Gasteiger partial charge >= 0.3 is 0 Å². The van der Waals surface area contributed by atoms with Gasteiger partial charge in [-0.05, 0) is 54.8 Å². The molecule has 0 radical (unpaired) electrons. The molecule has 4 aromatic carbocycles. The van der Waals surface area contributed by atoms with E-state index >= 15 is 0 Å². The van der Waals surface area contributed by atoms with Crippen LogP contribution in [0, 0.1) is 19.7 Å². The zero-order valence-corrected chi connectivity index (χ0v) is 28.0. The van der Waals surface area contributed by atoms with Gasteiger partial charge in [-0.1, -0.05) is 72.8 Å². The van der Waals surface area contributed by atoms with Crippen molar-refractivity contribution in [2.75, 3.05) is 11.4 Å². The van der Waals surface area contributed by atoms with Crippen molar-refractivity contribution in [2.24, 2.45) is 0 Å². The van der Waals surface area contributed by atoms with Gasteiger partial charge < -0.3 is 14.4 Å². The van der Waals surface area contributed by atoms with E-state index in [2.05, 4.69) is 4.98 Å². The molecule has 0 aliphatic carbocycles. The molecule has 0 bridgehead atoms. The van der Waals surface area contributed by atoms with Gasteiger partial charge in [0, 0.05) is 30.2 Å². The molecule has 1 N–H and O–H groups in total. The maximum Gasteiger partial charge on any atom is 0.275 e. The van der Waals surface area contributed by atoms with Crippen LogP contribution in [0.25, 0.3) is 21.7 Å². The summed E-state index contributed by atoms with van der Waals surface area (Å²) >= 11 is 1.11. The van der Waals surface area contributed by atoms with E-state index in [1.807, 2.05) is 60.7 Å². The Labute approximate surface area is 281 Å². The van der Waals surface area contributed by atoms with Gasteiger partial charge in [0.15, 0.2) is 9.96 Å². The molecule has 0 saturated heterocycles. The molecule has 0 amide bonds. The smallest absolute Gasteiger partial charge is 0.275 e. The second kappa shape index (κ2) is 12.4. The summed E-state index contributed by atoms with van der Waals surface area (Å²) in [4.78, 5) is 9.08. The number of halogens is 1. The third-order valence-electron chi connectivity index (χ3n) is 8.29. The van der Waals surface area contributed by atoms with E-state index in [-0.39, 0.29) is 22.5 Å². The average Bonchev–Trinajstić information content (AvgIpc) is 3.61. The first kappa shape index (κ1) is 31.3. The minimum Gasteiger partial charge on any atom is -0.494 e. The molecule has 7 aromatic rings. The monoisotopic (exact) mass is 678 g/mol. The van der Waals surface area contributed by atoms with Crippen LogP contribution in [0.2, 0.25) is 0 Å². The molecule has 48 heavy (non-hydrogen) atoms. The quantitative estimate of drug-likeness (QED) is 0.166. The Bertz CT molecular complexity index is 2340. The molecule has 0 aliphatic heterocycles. The zero-order chi connectivity index (χ0) is 33.6. The Kier molecular flexibility index (Phi) is 8.10. The third-order valence-corrected chi connectivity index (χ3v) is 11.7. The first-order chi connectivity index (χ1) is 23.1. The number of pyridine rings is 1. The molecular formula is C37H31FN4O4S2. The van der Waals surface area contributed by atoms with Crippen LogP contribution in [-0.2, 0) is 16.6 Å². The lowest BCUT2D eigenvalue weighted by Crippen LogP contribution is -2.27. The second-order valence-corrected chi connectivity index (χ2v) is 14.8. The van der Waals surface area contributed by atoms with Gasteiger partial charge in [-0.2, -0.15) is 0 Å². The van der Waals surface area contributed by atoms with Gasteiger partial charge in [0.2, 0.25) is 5.88 Å². The van der Waals surface area contributed by atoms with E-state index in [0.717, 1.165) is 28.0 Å². The number of hydrogen-bond donors (Lipinski definition) is 1. The molecule has 0 spiro atoms. The van der Waals surface area contributed by atoms with Crippen LogP contribution in [0.15, 0.2) is 114 Å². The second-order valence-electron chi connectivity index (χ2n) is 11.5. The number of hydrogen-bond acceptors (Lipinski definition) is 7. The molecule has 0 saturated carbocycles. The summed E-state index contributed by atoms with van der Waals surface area (Å²) < 4.78 is 52.2. The molecule has 8 nitrogen and oxygen atoms in total. The maximum absolute atomic E-state index is 14.2. The molecule has 0 unspecified atom stereocenters. The predicted octanol–water partition coefficient (Wildman–Crippen LogP) is 8.15. The number of benzene rings is 4. The van der Waals surface area contributed by atoms with Crippen molar-refractivity contribution < 1.29 is 22.7 Å². The third kappa shape index (κ3) is 5.54. The van der Waals surface area contributed by atoms with E-state index in [9.17, 15) is 17.9 Å². The fourth-order valence-corrected chi connectivity index (χ4v) is 8.92. The van der Waals surface area contributed by atoms with Crippen LogP contribution in [0.3, 0.4) is 0 Å². The van der Waals surface area contributed by atoms with Gasteiger partial charge in [-0.3, -0.25) is 9.29 Å². The van der Waals surface area contributed by atoms with Gasteiger partial charge in [-0.15, -0.1) is 11.3 Å². The highest BCUT2D eigenvalue weighted by molar-refractivity contribution is 7.94. The minimum atomic E-state index is -4.09. The standard InChI is InChI=1S/C37H31FN4O4S2/c1-23-37(47-24(2)40-23)48(44,45)41(3)33-29-15-10-20-39-32(29)35(46-34(26-11-6-4-7-12-26)27-13-8-5-9-14-27)31-30(33)22-42(36(31)43)21-25-16-18-28(38)19-17-25/h4-20,22,34,43H,21H2,1-3H3. The molecule has 242 valence electrons. The normalized spacial score (nSPS) is 11.9. The maximum atomic E-state index is 14.2. The molecule has 0 aliphatic rings. The Morgan fingerprint density at radius 1 is 0.917 bits per heavy atom. The Hall–Kier alpha value is -5.26. The summed E-state index contributed by atoms with van der Waals surface area (Å²) in [7, 11) is -2.59. The zero-order valence-electron chi connectivity index (χ0n) is 26.3. The number of rotatable bonds is 9. The molecule has 3 aromatic heterocycles. The van der Waals surface area contributed by atoms with Crippen molar-refractivity contribution in [3.63, 3.8) is 0 Å². The summed E-state index contributed by atoms with van der Waals surface area (Å²) in [5.41, 5.74) is 3.62. The van der Waals surface area contributed by atoms with Crippen LogP contribution in [0.5, 0.6) is 11.6 Å². The Morgan fingerprint density at radius 3 is 2.17 bits per heavy atom. The highest BCUT2D eigenvalue weighted by atomic mass is 32.2. The number of ether oxygens (including phenoxy) is 1. The first-order valence-corrected chi connectivity index (χ1v) is 17.5. The van der Waals surface area contributed by atoms with Gasteiger partial charge in [0.05, 0.1) is 28.3 Å². The summed E-state index contributed by atoms with van der Waals surface area (Å²) in [6, 6.07) is 29.0. The summed E-state index contributed by atoms with van der Waals surface area (Å²) in [6.07, 6.45) is 2.73. The lowest BCUT2D eigenvalue weighted by molar-refractivity contribution is 0.252. The lowest BCUT2D eigenvalue weighted by Gasteiger charge is -2.25. The van der Waals surface area contributed by atoms with Crippen LogP contribution in [0.4, 0.5) is 10.1 Å². The van der Waals surface area contributed by atoms with Crippen molar-refractivity contribution in [3.05, 3.63) is 143 Å².